The van der Waals surface area contributed by atoms with E-state index in [-0.39, 0.29) is 23.0 Å². The van der Waals surface area contributed by atoms with Crippen LogP contribution in [-0.2, 0) is 6.54 Å². The Morgan fingerprint density at radius 1 is 1.25 bits per heavy atom. The maximum atomic E-state index is 12.9. The monoisotopic (exact) mass is 362 g/mol. The number of alkyl halides is 3. The van der Waals surface area contributed by atoms with Crippen LogP contribution in [0, 0.1) is 5.82 Å². The van der Waals surface area contributed by atoms with Crippen LogP contribution in [0.3, 0.4) is 0 Å². The third-order valence-corrected chi connectivity index (χ3v) is 3.12. The molecule has 0 fully saturated rings. The topological polar surface area (TPSA) is 51.2 Å². The van der Waals surface area contributed by atoms with Crippen LogP contribution < -0.4 is 10.1 Å². The lowest BCUT2D eigenvalue weighted by molar-refractivity contribution is -0.154. The number of carbonyl (C=O) groups excluding carboxylic acids is 1. The molecule has 0 radical (unpaired) electrons. The number of nitrogens with one attached hydrogen (secondary N) is 1. The zero-order chi connectivity index (χ0) is 17.7. The molecule has 1 aromatic carbocycles. The molecule has 2 rings (SSSR count). The van der Waals surface area contributed by atoms with E-state index in [0.29, 0.717) is 5.56 Å². The van der Waals surface area contributed by atoms with Crippen molar-refractivity contribution in [2.75, 3.05) is 6.61 Å². The first-order chi connectivity index (χ1) is 11.2. The molecule has 0 aliphatic heterocycles. The van der Waals surface area contributed by atoms with Gasteiger partial charge in [0.25, 0.3) is 5.91 Å². The molecule has 0 unspecified atom stereocenters. The molecule has 0 atom stereocenters. The Balaban J connectivity index is 1.91. The minimum Gasteiger partial charge on any atom is -0.468 e. The molecule has 24 heavy (non-hydrogen) atoms. The number of aromatic nitrogens is 1. The van der Waals surface area contributed by atoms with Crippen molar-refractivity contribution in [2.24, 2.45) is 0 Å². The Morgan fingerprint density at radius 3 is 2.58 bits per heavy atom. The lowest BCUT2D eigenvalue weighted by Crippen LogP contribution is -2.23. The first-order valence-corrected chi connectivity index (χ1v) is 7.00. The number of nitrogens with zero attached hydrogens (tertiary/aromatic N) is 1. The van der Waals surface area contributed by atoms with Crippen LogP contribution in [0.4, 0.5) is 17.6 Å². The van der Waals surface area contributed by atoms with E-state index in [2.05, 4.69) is 15.0 Å². The van der Waals surface area contributed by atoms with Crippen molar-refractivity contribution >= 4 is 17.5 Å². The molecule has 0 spiro atoms. The molecule has 4 nitrogen and oxygen atoms in total. The van der Waals surface area contributed by atoms with E-state index in [1.54, 1.807) is 0 Å². The number of hydrogen-bond donors (Lipinski definition) is 1. The van der Waals surface area contributed by atoms with E-state index in [0.717, 1.165) is 12.1 Å². The minimum absolute atomic E-state index is 0.0264. The summed E-state index contributed by atoms with van der Waals surface area (Å²) < 4.78 is 53.4. The second-order valence-electron chi connectivity index (χ2n) is 4.72. The summed E-state index contributed by atoms with van der Waals surface area (Å²) in [5, 5.41) is 2.52. The van der Waals surface area contributed by atoms with Crippen LogP contribution in [0.1, 0.15) is 15.9 Å². The molecule has 1 N–H and O–H groups in total. The highest BCUT2D eigenvalue weighted by Gasteiger charge is 2.28. The van der Waals surface area contributed by atoms with Crippen LogP contribution in [0.5, 0.6) is 5.88 Å². The average molecular weight is 363 g/mol. The van der Waals surface area contributed by atoms with Crippen LogP contribution in [0.2, 0.25) is 5.02 Å². The van der Waals surface area contributed by atoms with E-state index in [9.17, 15) is 22.4 Å². The Bertz CT molecular complexity index is 720. The van der Waals surface area contributed by atoms with Gasteiger partial charge < -0.3 is 10.1 Å². The van der Waals surface area contributed by atoms with Gasteiger partial charge in [-0.25, -0.2) is 9.37 Å². The maximum Gasteiger partial charge on any atom is 0.422 e. The molecule has 0 bridgehead atoms. The first-order valence-electron chi connectivity index (χ1n) is 6.62. The van der Waals surface area contributed by atoms with Crippen LogP contribution in [-0.4, -0.2) is 23.7 Å². The molecule has 0 saturated heterocycles. The zero-order valence-electron chi connectivity index (χ0n) is 12.0. The number of carbonyl (C=O) groups is 1. The summed E-state index contributed by atoms with van der Waals surface area (Å²) in [5.41, 5.74) is 0.650. The second-order valence-corrected chi connectivity index (χ2v) is 5.12. The van der Waals surface area contributed by atoms with E-state index >= 15 is 0 Å². The third-order valence-electron chi connectivity index (χ3n) is 2.81. The zero-order valence-corrected chi connectivity index (χ0v) is 12.8. The number of benzene rings is 1. The number of amides is 1. The fourth-order valence-electron chi connectivity index (χ4n) is 1.71. The van der Waals surface area contributed by atoms with E-state index in [1.807, 2.05) is 0 Å². The highest BCUT2D eigenvalue weighted by Crippen LogP contribution is 2.18. The predicted octanol–water partition coefficient (Wildman–Crippen LogP) is 3.75. The molecule has 0 saturated carbocycles. The fourth-order valence-corrected chi connectivity index (χ4v) is 1.96. The van der Waals surface area contributed by atoms with Crippen molar-refractivity contribution in [3.8, 4) is 5.88 Å². The second kappa shape index (κ2) is 7.48. The number of rotatable bonds is 5. The van der Waals surface area contributed by atoms with Crippen molar-refractivity contribution in [2.45, 2.75) is 12.7 Å². The molecule has 1 heterocycles. The maximum absolute atomic E-state index is 12.9. The van der Waals surface area contributed by atoms with Gasteiger partial charge in [-0.05, 0) is 23.8 Å². The fraction of sp³-hybridized carbons (Fsp3) is 0.200. The van der Waals surface area contributed by atoms with Gasteiger partial charge in [0.1, 0.15) is 5.82 Å². The van der Waals surface area contributed by atoms with Crippen molar-refractivity contribution in [3.05, 3.63) is 58.5 Å². The number of hydrogen-bond acceptors (Lipinski definition) is 3. The van der Waals surface area contributed by atoms with E-state index in [1.165, 1.54) is 24.4 Å². The van der Waals surface area contributed by atoms with E-state index in [4.69, 9.17) is 11.6 Å². The van der Waals surface area contributed by atoms with Crippen molar-refractivity contribution in [1.82, 2.24) is 10.3 Å². The van der Waals surface area contributed by atoms with Gasteiger partial charge in [-0.1, -0.05) is 17.7 Å². The smallest absolute Gasteiger partial charge is 0.422 e. The summed E-state index contributed by atoms with van der Waals surface area (Å²) in [7, 11) is 0. The van der Waals surface area contributed by atoms with Crippen LogP contribution >= 0.6 is 11.6 Å². The molecule has 0 aliphatic carbocycles. The standard InChI is InChI=1S/C15H11ClF4N2O2/c16-12-5-10(17)2-3-11(12)14(23)22-7-9-1-4-13(21-6-9)24-8-15(18,19)20/h1-6H,7-8H2,(H,22,23). The predicted molar refractivity (Wildman–Crippen MR) is 78.4 cm³/mol. The highest BCUT2D eigenvalue weighted by molar-refractivity contribution is 6.33. The molecule has 0 aliphatic rings. The van der Waals surface area contributed by atoms with Gasteiger partial charge in [-0.3, -0.25) is 4.79 Å². The first kappa shape index (κ1) is 18.0. The van der Waals surface area contributed by atoms with Crippen molar-refractivity contribution < 1.29 is 27.1 Å². The highest BCUT2D eigenvalue weighted by atomic mass is 35.5. The Hall–Kier alpha value is -2.35. The summed E-state index contributed by atoms with van der Waals surface area (Å²) in [4.78, 5) is 15.7. The van der Waals surface area contributed by atoms with Gasteiger partial charge in [-0.15, -0.1) is 0 Å². The molecule has 128 valence electrons. The summed E-state index contributed by atoms with van der Waals surface area (Å²) in [5.74, 6) is -1.25. The quantitative estimate of drug-likeness (QED) is 0.824. The normalized spacial score (nSPS) is 11.2. The minimum atomic E-state index is -4.44. The average Bonchev–Trinajstić information content (AvgIpc) is 2.51. The number of halogens is 5. The molecular formula is C15H11ClF4N2O2. The lowest BCUT2D eigenvalue weighted by atomic mass is 10.2. The van der Waals surface area contributed by atoms with Crippen LogP contribution in [0.25, 0.3) is 0 Å². The largest absolute Gasteiger partial charge is 0.468 e. The summed E-state index contributed by atoms with van der Waals surface area (Å²) in [6.45, 7) is -1.36. The summed E-state index contributed by atoms with van der Waals surface area (Å²) in [6, 6.07) is 6.10. The molecule has 2 aromatic rings. The third kappa shape index (κ3) is 5.38. The number of pyridine rings is 1. The Labute approximate surface area is 139 Å². The van der Waals surface area contributed by atoms with Gasteiger partial charge in [0.15, 0.2) is 6.61 Å². The Morgan fingerprint density at radius 2 is 2.00 bits per heavy atom. The molecule has 1 amide bonds. The van der Waals surface area contributed by atoms with E-state index < -0.39 is 24.5 Å². The van der Waals surface area contributed by atoms with Crippen molar-refractivity contribution in [1.29, 1.82) is 0 Å². The lowest BCUT2D eigenvalue weighted by Gasteiger charge is -2.09. The van der Waals surface area contributed by atoms with Gasteiger partial charge in [0.05, 0.1) is 10.6 Å². The molecular weight excluding hydrogens is 352 g/mol. The SMILES string of the molecule is O=C(NCc1ccc(OCC(F)(F)F)nc1)c1ccc(F)cc1Cl. The molecule has 1 aromatic heterocycles. The van der Waals surface area contributed by atoms with Gasteiger partial charge in [0.2, 0.25) is 5.88 Å². The van der Waals surface area contributed by atoms with Gasteiger partial charge in [0, 0.05) is 18.8 Å². The van der Waals surface area contributed by atoms with Crippen molar-refractivity contribution in [3.63, 3.8) is 0 Å². The van der Waals surface area contributed by atoms with Gasteiger partial charge >= 0.3 is 6.18 Å². The summed E-state index contributed by atoms with van der Waals surface area (Å²) in [6.07, 6.45) is -3.17. The summed E-state index contributed by atoms with van der Waals surface area (Å²) >= 11 is 5.78. The number of ether oxygens (including phenoxy) is 1. The Kier molecular flexibility index (Phi) is 5.61. The van der Waals surface area contributed by atoms with Crippen LogP contribution in [0.15, 0.2) is 36.5 Å². The molecule has 9 heteroatoms. The van der Waals surface area contributed by atoms with Gasteiger partial charge in [-0.2, -0.15) is 13.2 Å².